The molecule has 6 nitrogen and oxygen atoms in total. The lowest BCUT2D eigenvalue weighted by atomic mass is 9.76. The number of methoxy groups -OCH3 is 1. The molecule has 0 aliphatic carbocycles. The van der Waals surface area contributed by atoms with Crippen LogP contribution in [0.2, 0.25) is 0 Å². The van der Waals surface area contributed by atoms with Crippen molar-refractivity contribution in [1.82, 2.24) is 14.8 Å². The van der Waals surface area contributed by atoms with Gasteiger partial charge in [-0.05, 0) is 50.9 Å². The topological polar surface area (TPSA) is 58.4 Å². The van der Waals surface area contributed by atoms with E-state index < -0.39 is 7.12 Å². The monoisotopic (exact) mass is 371 g/mol. The minimum atomic E-state index is -0.421. The van der Waals surface area contributed by atoms with Crippen LogP contribution in [0.15, 0.2) is 18.2 Å². The van der Waals surface area contributed by atoms with Crippen LogP contribution in [0, 0.1) is 0 Å². The Kier molecular flexibility index (Phi) is 5.37. The van der Waals surface area contributed by atoms with Crippen LogP contribution >= 0.6 is 0 Å². The van der Waals surface area contributed by atoms with E-state index >= 15 is 0 Å². The van der Waals surface area contributed by atoms with Crippen LogP contribution in [0.3, 0.4) is 0 Å². The second-order valence-corrected chi connectivity index (χ2v) is 7.96. The first kappa shape index (κ1) is 19.9. The number of hydrogen-bond donors (Lipinski definition) is 0. The summed E-state index contributed by atoms with van der Waals surface area (Å²) in [6.45, 7) is 13.0. The van der Waals surface area contributed by atoms with Crippen molar-refractivity contribution in [3.05, 3.63) is 35.4 Å². The SMILES string of the molecule is CCc1nc(CC)n(Cc2cc(OC)ccc2B2OC(C)(C)C(C)(C)O2)n1. The molecule has 0 atom stereocenters. The Balaban J connectivity index is 1.99. The summed E-state index contributed by atoms with van der Waals surface area (Å²) in [5.74, 6) is 2.65. The second kappa shape index (κ2) is 7.28. The van der Waals surface area contributed by atoms with E-state index in [0.29, 0.717) is 6.54 Å². The molecular weight excluding hydrogens is 341 g/mol. The molecule has 0 saturated carbocycles. The van der Waals surface area contributed by atoms with Crippen LogP contribution in [0.4, 0.5) is 0 Å². The second-order valence-electron chi connectivity index (χ2n) is 7.96. The molecule has 1 aliphatic heterocycles. The Bertz CT molecular complexity index is 801. The maximum atomic E-state index is 6.28. The van der Waals surface area contributed by atoms with Gasteiger partial charge in [-0.15, -0.1) is 0 Å². The van der Waals surface area contributed by atoms with Crippen molar-refractivity contribution in [2.24, 2.45) is 0 Å². The van der Waals surface area contributed by atoms with Gasteiger partial charge in [0.2, 0.25) is 0 Å². The molecule has 0 N–H and O–H groups in total. The third kappa shape index (κ3) is 3.76. The number of hydrogen-bond acceptors (Lipinski definition) is 5. The summed E-state index contributed by atoms with van der Waals surface area (Å²) in [4.78, 5) is 4.62. The smallest absolute Gasteiger partial charge is 0.495 e. The first-order chi connectivity index (χ1) is 12.7. The summed E-state index contributed by atoms with van der Waals surface area (Å²) < 4.78 is 20.0. The number of rotatable bonds is 6. The van der Waals surface area contributed by atoms with E-state index in [1.54, 1.807) is 7.11 Å². The summed E-state index contributed by atoms with van der Waals surface area (Å²) in [5.41, 5.74) is 1.30. The van der Waals surface area contributed by atoms with Gasteiger partial charge in [-0.1, -0.05) is 19.9 Å². The maximum Gasteiger partial charge on any atom is 0.495 e. The molecule has 1 fully saturated rings. The van der Waals surface area contributed by atoms with Gasteiger partial charge >= 0.3 is 7.12 Å². The van der Waals surface area contributed by atoms with Gasteiger partial charge in [-0.25, -0.2) is 9.67 Å². The zero-order valence-electron chi connectivity index (χ0n) is 17.5. The van der Waals surface area contributed by atoms with E-state index in [4.69, 9.17) is 14.0 Å². The number of aryl methyl sites for hydroxylation is 2. The average Bonchev–Trinajstić information content (AvgIpc) is 3.11. The quantitative estimate of drug-likeness (QED) is 0.731. The molecule has 7 heteroatoms. The Morgan fingerprint density at radius 2 is 1.74 bits per heavy atom. The van der Waals surface area contributed by atoms with E-state index in [1.165, 1.54) is 0 Å². The fourth-order valence-electron chi connectivity index (χ4n) is 3.17. The summed E-state index contributed by atoms with van der Waals surface area (Å²) in [5, 5.41) is 4.66. The van der Waals surface area contributed by atoms with Gasteiger partial charge in [0.1, 0.15) is 11.6 Å². The number of ether oxygens (including phenoxy) is 1. The summed E-state index contributed by atoms with van der Waals surface area (Å²) >= 11 is 0. The molecule has 0 bridgehead atoms. The van der Waals surface area contributed by atoms with Crippen LogP contribution in [-0.2, 0) is 28.7 Å². The Hall–Kier alpha value is -1.86. The van der Waals surface area contributed by atoms with Gasteiger partial charge in [0.05, 0.1) is 24.9 Å². The molecule has 1 aromatic heterocycles. The molecule has 2 heterocycles. The van der Waals surface area contributed by atoms with Crippen LogP contribution in [0.1, 0.15) is 58.8 Å². The van der Waals surface area contributed by atoms with Crippen molar-refractivity contribution >= 4 is 12.6 Å². The molecule has 3 rings (SSSR count). The van der Waals surface area contributed by atoms with Crippen molar-refractivity contribution < 1.29 is 14.0 Å². The van der Waals surface area contributed by atoms with E-state index in [0.717, 1.165) is 41.3 Å². The lowest BCUT2D eigenvalue weighted by Crippen LogP contribution is -2.41. The summed E-state index contributed by atoms with van der Waals surface area (Å²) in [6.07, 6.45) is 1.66. The molecule has 27 heavy (non-hydrogen) atoms. The molecule has 1 aliphatic rings. The van der Waals surface area contributed by atoms with E-state index in [9.17, 15) is 0 Å². The van der Waals surface area contributed by atoms with Crippen LogP contribution in [0.25, 0.3) is 0 Å². The number of nitrogens with zero attached hydrogens (tertiary/aromatic N) is 3. The normalized spacial score (nSPS) is 18.1. The lowest BCUT2D eigenvalue weighted by molar-refractivity contribution is 0.00578. The molecule has 0 unspecified atom stereocenters. The molecular formula is C20H30BN3O3. The van der Waals surface area contributed by atoms with Crippen molar-refractivity contribution in [2.45, 2.75) is 72.1 Å². The highest BCUT2D eigenvalue weighted by molar-refractivity contribution is 6.62. The summed E-state index contributed by atoms with van der Waals surface area (Å²) in [6, 6.07) is 6.01. The third-order valence-corrected chi connectivity index (χ3v) is 5.60. The standard InChI is InChI=1S/C20H30BN3O3/c1-8-17-22-18(9-2)24(23-17)13-14-12-15(25-7)10-11-16(14)21-26-19(3,4)20(5,6)27-21/h10-12H,8-9,13H2,1-7H3. The maximum absolute atomic E-state index is 6.28. The Morgan fingerprint density at radius 3 is 2.30 bits per heavy atom. The highest BCUT2D eigenvalue weighted by atomic mass is 16.7. The van der Waals surface area contributed by atoms with Crippen molar-refractivity contribution in [2.75, 3.05) is 7.11 Å². The lowest BCUT2D eigenvalue weighted by Gasteiger charge is -2.32. The van der Waals surface area contributed by atoms with Gasteiger partial charge < -0.3 is 14.0 Å². The largest absolute Gasteiger partial charge is 0.497 e. The predicted molar refractivity (Wildman–Crippen MR) is 107 cm³/mol. The number of benzene rings is 1. The third-order valence-electron chi connectivity index (χ3n) is 5.60. The number of aromatic nitrogens is 3. The van der Waals surface area contributed by atoms with Crippen LogP contribution in [-0.4, -0.2) is 40.2 Å². The van der Waals surface area contributed by atoms with Crippen molar-refractivity contribution in [3.63, 3.8) is 0 Å². The fourth-order valence-corrected chi connectivity index (χ4v) is 3.17. The van der Waals surface area contributed by atoms with E-state index in [-0.39, 0.29) is 11.2 Å². The Labute approximate surface area is 162 Å². The molecule has 2 aromatic rings. The van der Waals surface area contributed by atoms with Crippen LogP contribution < -0.4 is 10.2 Å². The molecule has 0 spiro atoms. The zero-order chi connectivity index (χ0) is 19.8. The van der Waals surface area contributed by atoms with Crippen molar-refractivity contribution in [3.8, 4) is 5.75 Å². The highest BCUT2D eigenvalue weighted by Crippen LogP contribution is 2.37. The van der Waals surface area contributed by atoms with Gasteiger partial charge in [0.15, 0.2) is 5.82 Å². The molecule has 0 radical (unpaired) electrons. The van der Waals surface area contributed by atoms with Gasteiger partial charge in [-0.2, -0.15) is 5.10 Å². The van der Waals surface area contributed by atoms with Crippen LogP contribution in [0.5, 0.6) is 5.75 Å². The Morgan fingerprint density at radius 1 is 1.07 bits per heavy atom. The fraction of sp³-hybridized carbons (Fsp3) is 0.600. The zero-order valence-corrected chi connectivity index (χ0v) is 17.5. The van der Waals surface area contributed by atoms with Gasteiger partial charge in [0.25, 0.3) is 0 Å². The van der Waals surface area contributed by atoms with Gasteiger partial charge in [-0.3, -0.25) is 0 Å². The average molecular weight is 371 g/mol. The molecule has 1 saturated heterocycles. The minimum Gasteiger partial charge on any atom is -0.497 e. The minimum absolute atomic E-state index is 0.383. The van der Waals surface area contributed by atoms with E-state index in [2.05, 4.69) is 51.6 Å². The molecule has 146 valence electrons. The molecule has 1 aromatic carbocycles. The predicted octanol–water partition coefficient (Wildman–Crippen LogP) is 2.76. The van der Waals surface area contributed by atoms with Crippen molar-refractivity contribution in [1.29, 1.82) is 0 Å². The van der Waals surface area contributed by atoms with E-state index in [1.807, 2.05) is 22.9 Å². The first-order valence-corrected chi connectivity index (χ1v) is 9.65. The van der Waals surface area contributed by atoms with Gasteiger partial charge in [0, 0.05) is 12.8 Å². The first-order valence-electron chi connectivity index (χ1n) is 9.65. The molecule has 0 amide bonds. The highest BCUT2D eigenvalue weighted by Gasteiger charge is 2.52. The summed E-state index contributed by atoms with van der Waals surface area (Å²) in [7, 11) is 1.26.